The summed E-state index contributed by atoms with van der Waals surface area (Å²) in [7, 11) is 1.65. The van der Waals surface area contributed by atoms with Gasteiger partial charge in [0.25, 0.3) is 5.91 Å². The third-order valence-corrected chi connectivity index (χ3v) is 12.0. The van der Waals surface area contributed by atoms with Crippen LogP contribution >= 0.6 is 0 Å². The van der Waals surface area contributed by atoms with Crippen LogP contribution in [0.2, 0.25) is 0 Å². The van der Waals surface area contributed by atoms with E-state index in [4.69, 9.17) is 28.3 Å². The molecule has 13 heteroatoms. The number of amides is 2. The summed E-state index contributed by atoms with van der Waals surface area (Å²) in [6, 6.07) is 14.3. The fourth-order valence-corrected chi connectivity index (χ4v) is 8.93. The Labute approximate surface area is 315 Å². The van der Waals surface area contributed by atoms with Gasteiger partial charge in [-0.15, -0.1) is 0 Å². The first-order valence-corrected chi connectivity index (χ1v) is 18.8. The fraction of sp³-hybridized carbons (Fsp3) is 0.333. The van der Waals surface area contributed by atoms with Gasteiger partial charge in [0.2, 0.25) is 17.7 Å². The zero-order chi connectivity index (χ0) is 38.0. The van der Waals surface area contributed by atoms with Crippen molar-refractivity contribution in [3.63, 3.8) is 0 Å². The molecule has 2 amide bonds. The fourth-order valence-electron chi connectivity index (χ4n) is 8.93. The maximum absolute atomic E-state index is 14.3. The molecule has 0 saturated carbocycles. The Morgan fingerprint density at radius 3 is 2.69 bits per heavy atom. The molecule has 4 aliphatic rings. The topological polar surface area (TPSA) is 177 Å². The number of nitrogens with one attached hydrogen (secondary N) is 4. The molecule has 10 rings (SSSR count). The van der Waals surface area contributed by atoms with Crippen molar-refractivity contribution in [2.45, 2.75) is 76.3 Å². The summed E-state index contributed by atoms with van der Waals surface area (Å²) in [6.45, 7) is 7.43. The minimum absolute atomic E-state index is 0.155. The van der Waals surface area contributed by atoms with Crippen LogP contribution < -0.4 is 25.4 Å². The van der Waals surface area contributed by atoms with E-state index in [2.05, 4.69) is 39.1 Å². The second kappa shape index (κ2) is 11.7. The molecule has 7 heterocycles. The number of fused-ring (bicyclic) bond motifs is 7. The Hall–Kier alpha value is -6.08. The largest absolute Gasteiger partial charge is 0.495 e. The first kappa shape index (κ1) is 33.5. The van der Waals surface area contributed by atoms with Crippen LogP contribution in [0.15, 0.2) is 69.8 Å². The van der Waals surface area contributed by atoms with Crippen LogP contribution in [0.5, 0.6) is 11.5 Å². The Balaban J connectivity index is 1.27. The number of aliphatic hydroxyl groups is 1. The highest BCUT2D eigenvalue weighted by atomic mass is 16.5. The SMILES string of the molecule is CCC(O)(CC)C(=O)N[C@H]1Cc2ccc3c(c2)[C@]24c5cccc(c5NC2O3)-c2ccc(OC)c3[nH]cc(c23)-c2cnc(o2)-c2nc(oc24)[C@H](C(C)C)NC1=O. The van der Waals surface area contributed by atoms with Gasteiger partial charge in [-0.25, -0.2) is 9.97 Å². The molecule has 3 aromatic heterocycles. The van der Waals surface area contributed by atoms with Crippen LogP contribution in [-0.4, -0.2) is 56.9 Å². The summed E-state index contributed by atoms with van der Waals surface area (Å²) in [5.41, 5.74) is 4.55. The van der Waals surface area contributed by atoms with E-state index in [0.29, 0.717) is 28.7 Å². The molecule has 0 aliphatic carbocycles. The van der Waals surface area contributed by atoms with Gasteiger partial charge in [-0.2, -0.15) is 0 Å². The molecule has 0 saturated heterocycles. The van der Waals surface area contributed by atoms with E-state index in [-0.39, 0.29) is 37.0 Å². The van der Waals surface area contributed by atoms with Crippen molar-refractivity contribution in [1.82, 2.24) is 25.6 Å². The monoisotopic (exact) mass is 740 g/mol. The van der Waals surface area contributed by atoms with Crippen molar-refractivity contribution in [2.24, 2.45) is 5.92 Å². The lowest BCUT2D eigenvalue weighted by Gasteiger charge is -2.30. The third kappa shape index (κ3) is 4.50. The number of anilines is 1. The third-order valence-electron chi connectivity index (χ3n) is 12.0. The zero-order valence-electron chi connectivity index (χ0n) is 31.0. The molecule has 3 aromatic carbocycles. The molecule has 0 fully saturated rings. The molecule has 10 bridgehead atoms. The van der Waals surface area contributed by atoms with Crippen molar-refractivity contribution < 1.29 is 33.0 Å². The number of ether oxygens (including phenoxy) is 2. The number of rotatable bonds is 6. The minimum Gasteiger partial charge on any atom is -0.495 e. The maximum Gasteiger partial charge on any atom is 0.252 e. The molecular weight excluding hydrogens is 700 g/mol. The molecule has 1 spiro atoms. The quantitative estimate of drug-likeness (QED) is 0.129. The number of aromatic amines is 1. The lowest BCUT2D eigenvalue weighted by atomic mass is 9.72. The summed E-state index contributed by atoms with van der Waals surface area (Å²) in [6.07, 6.45) is 3.47. The number of benzene rings is 3. The van der Waals surface area contributed by atoms with Crippen LogP contribution in [0.4, 0.5) is 5.69 Å². The van der Waals surface area contributed by atoms with Crippen molar-refractivity contribution >= 4 is 28.4 Å². The van der Waals surface area contributed by atoms with Gasteiger partial charge in [0.15, 0.2) is 23.4 Å². The number of aromatic nitrogens is 3. The van der Waals surface area contributed by atoms with Gasteiger partial charge < -0.3 is 44.3 Å². The molecule has 13 nitrogen and oxygen atoms in total. The Morgan fingerprint density at radius 2 is 1.91 bits per heavy atom. The number of hydrogen-bond donors (Lipinski definition) is 5. The molecule has 55 heavy (non-hydrogen) atoms. The number of nitrogens with zero attached hydrogens (tertiary/aromatic N) is 2. The van der Waals surface area contributed by atoms with Gasteiger partial charge in [-0.1, -0.05) is 58.0 Å². The highest BCUT2D eigenvalue weighted by Crippen LogP contribution is 2.61. The van der Waals surface area contributed by atoms with Crippen molar-refractivity contribution in [3.8, 4) is 45.5 Å². The van der Waals surface area contributed by atoms with E-state index < -0.39 is 41.1 Å². The van der Waals surface area contributed by atoms with E-state index in [0.717, 1.165) is 50.0 Å². The molecule has 280 valence electrons. The predicted octanol–water partition coefficient (Wildman–Crippen LogP) is 6.35. The lowest BCUT2D eigenvalue weighted by Crippen LogP contribution is -2.55. The summed E-state index contributed by atoms with van der Waals surface area (Å²) in [5.74, 6) is 1.60. The Bertz CT molecular complexity index is 2580. The van der Waals surface area contributed by atoms with Crippen LogP contribution in [0.1, 0.15) is 74.9 Å². The first-order chi connectivity index (χ1) is 26.6. The van der Waals surface area contributed by atoms with Crippen molar-refractivity contribution in [3.05, 3.63) is 89.3 Å². The van der Waals surface area contributed by atoms with E-state index in [9.17, 15) is 14.7 Å². The van der Waals surface area contributed by atoms with Gasteiger partial charge in [0, 0.05) is 45.9 Å². The molecule has 4 aliphatic heterocycles. The van der Waals surface area contributed by atoms with Crippen LogP contribution in [0.3, 0.4) is 0 Å². The zero-order valence-corrected chi connectivity index (χ0v) is 31.0. The Kier molecular flexibility index (Phi) is 7.13. The van der Waals surface area contributed by atoms with Gasteiger partial charge in [0.1, 0.15) is 34.6 Å². The van der Waals surface area contributed by atoms with E-state index >= 15 is 0 Å². The summed E-state index contributed by atoms with van der Waals surface area (Å²) < 4.78 is 26.3. The van der Waals surface area contributed by atoms with Crippen molar-refractivity contribution in [2.75, 3.05) is 12.4 Å². The minimum atomic E-state index is -1.62. The smallest absolute Gasteiger partial charge is 0.252 e. The van der Waals surface area contributed by atoms with Crippen LogP contribution in [-0.2, 0) is 21.4 Å². The number of carbonyl (C=O) groups is 2. The molecule has 0 radical (unpaired) electrons. The number of methoxy groups -OCH3 is 1. The number of hydrogen-bond acceptors (Lipinski definition) is 10. The van der Waals surface area contributed by atoms with E-state index in [1.54, 1.807) is 27.2 Å². The van der Waals surface area contributed by atoms with Gasteiger partial charge >= 0.3 is 0 Å². The van der Waals surface area contributed by atoms with E-state index in [1.165, 1.54) is 0 Å². The second-order valence-corrected chi connectivity index (χ2v) is 15.2. The predicted molar refractivity (Wildman–Crippen MR) is 203 cm³/mol. The van der Waals surface area contributed by atoms with Gasteiger partial charge in [-0.05, 0) is 48.1 Å². The molecule has 1 unspecified atom stereocenters. The molecule has 6 aromatic rings. The molecular formula is C42H40N6O7. The van der Waals surface area contributed by atoms with Crippen LogP contribution in [0, 0.1) is 5.92 Å². The summed E-state index contributed by atoms with van der Waals surface area (Å²) in [5, 5.41) is 21.8. The number of H-pyrrole nitrogens is 1. The van der Waals surface area contributed by atoms with E-state index in [1.807, 2.05) is 50.4 Å². The van der Waals surface area contributed by atoms with Gasteiger partial charge in [-0.3, -0.25) is 9.59 Å². The standard InChI is InChI=1S/C42H40N6O7/c1-6-41(51,7-2)39(50)45-26-16-20-11-13-27-25(15-20)42-24-10-8-9-22(32(24)48-40(42)54-27)21-12-14-28(52-5)33-30(21)23(17-43-33)29-18-44-37(53-29)34-35(42)55-38(47-34)31(19(3)4)46-36(26)49/h8-15,17-19,26,31,40,43,48,51H,6-7,16H2,1-5H3,(H,45,50)(H,46,49)/t26-,31-,40?,42-/m0/s1. The highest BCUT2D eigenvalue weighted by molar-refractivity contribution is 6.09. The first-order valence-electron chi connectivity index (χ1n) is 18.8. The average molecular weight is 741 g/mol. The molecule has 5 N–H and O–H groups in total. The number of para-hydroxylation sites is 1. The summed E-state index contributed by atoms with van der Waals surface area (Å²) in [4.78, 5) is 41.2. The summed E-state index contributed by atoms with van der Waals surface area (Å²) >= 11 is 0. The highest BCUT2D eigenvalue weighted by Gasteiger charge is 2.61. The number of oxazole rings is 2. The second-order valence-electron chi connectivity index (χ2n) is 15.2. The van der Waals surface area contributed by atoms with Crippen molar-refractivity contribution in [1.29, 1.82) is 0 Å². The maximum atomic E-state index is 14.3. The molecule has 4 atom stereocenters. The number of carbonyl (C=O) groups excluding carboxylic acids is 2. The van der Waals surface area contributed by atoms with Crippen LogP contribution in [0.25, 0.3) is 44.9 Å². The van der Waals surface area contributed by atoms with Gasteiger partial charge in [0.05, 0.1) is 18.8 Å². The average Bonchev–Trinajstić information content (AvgIpc) is 4.02. The normalized spacial score (nSPS) is 21.6. The lowest BCUT2D eigenvalue weighted by molar-refractivity contribution is -0.143. The Morgan fingerprint density at radius 1 is 1.07 bits per heavy atom.